The molecule has 1 N–H and O–H groups in total. The minimum absolute atomic E-state index is 0.299. The maximum atomic E-state index is 14.4. The van der Waals surface area contributed by atoms with Crippen molar-refractivity contribution in [3.05, 3.63) is 54.1 Å². The molecule has 1 saturated heterocycles. The quantitative estimate of drug-likeness (QED) is 0.864. The average Bonchev–Trinajstić information content (AvgIpc) is 2.89. The van der Waals surface area contributed by atoms with Crippen LogP contribution in [0.5, 0.6) is 0 Å². The van der Waals surface area contributed by atoms with Gasteiger partial charge in [-0.3, -0.25) is 4.31 Å². The second kappa shape index (κ2) is 7.09. The number of nitrogens with zero attached hydrogens (tertiary/aromatic N) is 2. The molecule has 5 nitrogen and oxygen atoms in total. The van der Waals surface area contributed by atoms with Gasteiger partial charge in [-0.1, -0.05) is 18.2 Å². The molecule has 2 heterocycles. The van der Waals surface area contributed by atoms with Crippen molar-refractivity contribution in [2.45, 2.75) is 19.3 Å². The maximum absolute atomic E-state index is 14.4. The Kier molecular flexibility index (Phi) is 4.77. The predicted octanol–water partition coefficient (Wildman–Crippen LogP) is 3.56. The van der Waals surface area contributed by atoms with Crippen molar-refractivity contribution in [1.82, 2.24) is 5.32 Å². The molecule has 0 unspecified atom stereocenters. The third kappa shape index (κ3) is 3.17. The van der Waals surface area contributed by atoms with Gasteiger partial charge in [-0.2, -0.15) is 8.42 Å². The van der Waals surface area contributed by atoms with Crippen LogP contribution in [0.4, 0.5) is 25.8 Å². The highest BCUT2D eigenvalue weighted by Crippen LogP contribution is 2.46. The van der Waals surface area contributed by atoms with Gasteiger partial charge in [0.1, 0.15) is 0 Å². The van der Waals surface area contributed by atoms with Crippen LogP contribution in [0, 0.1) is 17.6 Å². The average molecular weight is 393 g/mol. The topological polar surface area (TPSA) is 52.7 Å². The van der Waals surface area contributed by atoms with Crippen LogP contribution in [0.25, 0.3) is 0 Å². The van der Waals surface area contributed by atoms with Gasteiger partial charge in [0.2, 0.25) is 0 Å². The molecule has 0 atom stereocenters. The second-order valence-corrected chi connectivity index (χ2v) is 8.59. The van der Waals surface area contributed by atoms with Gasteiger partial charge in [-0.25, -0.2) is 13.1 Å². The van der Waals surface area contributed by atoms with E-state index in [0.717, 1.165) is 42.7 Å². The van der Waals surface area contributed by atoms with E-state index < -0.39 is 21.8 Å². The monoisotopic (exact) mass is 393 g/mol. The van der Waals surface area contributed by atoms with Crippen molar-refractivity contribution in [3.63, 3.8) is 0 Å². The van der Waals surface area contributed by atoms with Gasteiger partial charge in [0.15, 0.2) is 11.6 Å². The van der Waals surface area contributed by atoms with Gasteiger partial charge in [0.25, 0.3) is 0 Å². The fourth-order valence-corrected chi connectivity index (χ4v) is 5.53. The number of hydrogen-bond donors (Lipinski definition) is 1. The first-order chi connectivity index (χ1) is 13.0. The van der Waals surface area contributed by atoms with Crippen LogP contribution in [-0.4, -0.2) is 28.1 Å². The third-order valence-corrected chi connectivity index (χ3v) is 7.02. The molecule has 0 saturated carbocycles. The lowest BCUT2D eigenvalue weighted by atomic mass is 9.95. The molecular formula is C19H21F2N3O2S. The Hall–Kier alpha value is -2.19. The zero-order valence-corrected chi connectivity index (χ0v) is 15.6. The van der Waals surface area contributed by atoms with Crippen LogP contribution in [0.1, 0.15) is 19.3 Å². The third-order valence-electron chi connectivity index (χ3n) is 5.23. The second-order valence-electron chi connectivity index (χ2n) is 6.89. The van der Waals surface area contributed by atoms with Crippen molar-refractivity contribution >= 4 is 27.3 Å². The zero-order valence-electron chi connectivity index (χ0n) is 14.7. The summed E-state index contributed by atoms with van der Waals surface area (Å²) < 4.78 is 56.8. The van der Waals surface area contributed by atoms with E-state index in [9.17, 15) is 17.2 Å². The van der Waals surface area contributed by atoms with Crippen LogP contribution >= 0.6 is 0 Å². The molecule has 0 bridgehead atoms. The van der Waals surface area contributed by atoms with Crippen LogP contribution < -0.4 is 13.9 Å². The number of hydrogen-bond acceptors (Lipinski definition) is 3. The first-order valence-electron chi connectivity index (χ1n) is 9.07. The van der Waals surface area contributed by atoms with Gasteiger partial charge in [0.05, 0.1) is 17.1 Å². The van der Waals surface area contributed by atoms with Crippen LogP contribution in [0.15, 0.2) is 42.5 Å². The molecule has 2 aromatic rings. The smallest absolute Gasteiger partial charge is 0.317 e. The fraction of sp³-hybridized carbons (Fsp3) is 0.368. The van der Waals surface area contributed by atoms with Gasteiger partial charge in [-0.05, 0) is 62.5 Å². The van der Waals surface area contributed by atoms with Crippen LogP contribution in [-0.2, 0) is 10.2 Å². The SMILES string of the molecule is O=S1(=O)N(CCC2CCNCC2)c2ccccc2N1c1cccc(F)c1F. The Labute approximate surface area is 157 Å². The van der Waals surface area contributed by atoms with E-state index in [1.54, 1.807) is 24.3 Å². The highest BCUT2D eigenvalue weighted by atomic mass is 32.2. The Morgan fingerprint density at radius 3 is 2.37 bits per heavy atom. The van der Waals surface area contributed by atoms with Gasteiger partial charge >= 0.3 is 10.2 Å². The van der Waals surface area contributed by atoms with E-state index in [-0.39, 0.29) is 5.69 Å². The lowest BCUT2D eigenvalue weighted by Crippen LogP contribution is -2.38. The summed E-state index contributed by atoms with van der Waals surface area (Å²) in [5, 5.41) is 3.30. The number of nitrogens with one attached hydrogen (secondary N) is 1. The summed E-state index contributed by atoms with van der Waals surface area (Å²) in [6, 6.07) is 10.3. The number of fused-ring (bicyclic) bond motifs is 1. The molecule has 0 aromatic heterocycles. The lowest BCUT2D eigenvalue weighted by molar-refractivity contribution is 0.358. The molecule has 2 aliphatic rings. The van der Waals surface area contributed by atoms with E-state index in [0.29, 0.717) is 23.8 Å². The van der Waals surface area contributed by atoms with E-state index >= 15 is 0 Å². The summed E-state index contributed by atoms with van der Waals surface area (Å²) in [5.74, 6) is -1.79. The maximum Gasteiger partial charge on any atom is 0.331 e. The Morgan fingerprint density at radius 2 is 1.63 bits per heavy atom. The highest BCUT2D eigenvalue weighted by molar-refractivity contribution is 7.95. The van der Waals surface area contributed by atoms with Crippen LogP contribution in [0.2, 0.25) is 0 Å². The number of halogens is 2. The Balaban J connectivity index is 1.71. The molecule has 4 rings (SSSR count). The number of piperidine rings is 1. The Morgan fingerprint density at radius 1 is 0.963 bits per heavy atom. The molecule has 0 amide bonds. The predicted molar refractivity (Wildman–Crippen MR) is 101 cm³/mol. The number of rotatable bonds is 4. The van der Waals surface area contributed by atoms with E-state index in [2.05, 4.69) is 5.32 Å². The number of benzene rings is 2. The summed E-state index contributed by atoms with van der Waals surface area (Å²) in [5.41, 5.74) is 0.536. The largest absolute Gasteiger partial charge is 0.331 e. The number of para-hydroxylation sites is 2. The minimum atomic E-state index is -4.04. The summed E-state index contributed by atoms with van der Waals surface area (Å²) >= 11 is 0. The molecule has 27 heavy (non-hydrogen) atoms. The van der Waals surface area contributed by atoms with Gasteiger partial charge in [0, 0.05) is 6.54 Å². The fourth-order valence-electron chi connectivity index (χ4n) is 3.80. The van der Waals surface area contributed by atoms with Crippen molar-refractivity contribution in [3.8, 4) is 0 Å². The molecule has 144 valence electrons. The lowest BCUT2D eigenvalue weighted by Gasteiger charge is -2.26. The van der Waals surface area contributed by atoms with Crippen LogP contribution in [0.3, 0.4) is 0 Å². The first kappa shape index (κ1) is 18.2. The summed E-state index contributed by atoms with van der Waals surface area (Å²) in [7, 11) is -4.04. The normalized spacial score (nSPS) is 19.3. The molecular weight excluding hydrogens is 372 g/mol. The molecule has 2 aliphatic heterocycles. The minimum Gasteiger partial charge on any atom is -0.317 e. The van der Waals surface area contributed by atoms with Crippen molar-refractivity contribution in [1.29, 1.82) is 0 Å². The summed E-state index contributed by atoms with van der Waals surface area (Å²) in [4.78, 5) is 0. The van der Waals surface area contributed by atoms with E-state index in [1.807, 2.05) is 0 Å². The molecule has 2 aromatic carbocycles. The van der Waals surface area contributed by atoms with Gasteiger partial charge < -0.3 is 5.32 Å². The highest BCUT2D eigenvalue weighted by Gasteiger charge is 2.42. The molecule has 8 heteroatoms. The number of anilines is 3. The first-order valence-corrected chi connectivity index (χ1v) is 10.5. The van der Waals surface area contributed by atoms with Crippen molar-refractivity contribution in [2.24, 2.45) is 5.92 Å². The van der Waals surface area contributed by atoms with E-state index in [4.69, 9.17) is 0 Å². The Bertz CT molecular complexity index is 946. The molecule has 0 aliphatic carbocycles. The van der Waals surface area contributed by atoms with Gasteiger partial charge in [-0.15, -0.1) is 0 Å². The van der Waals surface area contributed by atoms with Crippen molar-refractivity contribution in [2.75, 3.05) is 28.2 Å². The standard InChI is InChI=1S/C19H21F2N3O2S/c20-15-4-3-7-18(19(15)21)24-17-6-2-1-5-16(17)23(27(24,25)26)13-10-14-8-11-22-12-9-14/h1-7,14,22H,8-13H2. The molecule has 1 fully saturated rings. The van der Waals surface area contributed by atoms with Crippen molar-refractivity contribution < 1.29 is 17.2 Å². The summed E-state index contributed by atoms with van der Waals surface area (Å²) in [6.07, 6.45) is 2.75. The molecule has 0 radical (unpaired) electrons. The van der Waals surface area contributed by atoms with E-state index in [1.165, 1.54) is 16.4 Å². The zero-order chi connectivity index (χ0) is 19.0. The summed E-state index contributed by atoms with van der Waals surface area (Å²) in [6.45, 7) is 2.20. The molecule has 0 spiro atoms.